The Bertz CT molecular complexity index is 826. The van der Waals surface area contributed by atoms with Crippen LogP contribution in [0, 0.1) is 11.8 Å². The van der Waals surface area contributed by atoms with Gasteiger partial charge in [0.2, 0.25) is 23.6 Å². The van der Waals surface area contributed by atoms with Crippen LogP contribution in [0.3, 0.4) is 0 Å². The Kier molecular flexibility index (Phi) is 13.2. The van der Waals surface area contributed by atoms with E-state index in [4.69, 9.17) is 5.11 Å². The molecule has 0 bridgehead atoms. The lowest BCUT2D eigenvalue weighted by molar-refractivity contribution is -0.141. The first kappa shape index (κ1) is 31.5. The van der Waals surface area contributed by atoms with Crippen molar-refractivity contribution in [3.63, 3.8) is 0 Å². The van der Waals surface area contributed by atoms with Crippen LogP contribution in [-0.4, -0.2) is 75.7 Å². The van der Waals surface area contributed by atoms with Crippen molar-refractivity contribution < 1.29 is 43.8 Å². The molecule has 198 valence electrons. The van der Waals surface area contributed by atoms with Crippen molar-refractivity contribution in [2.24, 2.45) is 11.8 Å². The third-order valence-corrected chi connectivity index (χ3v) is 5.00. The van der Waals surface area contributed by atoms with E-state index >= 15 is 0 Å². The molecule has 0 saturated heterocycles. The lowest BCUT2D eigenvalue weighted by Crippen LogP contribution is -2.59. The van der Waals surface area contributed by atoms with Gasteiger partial charge in [-0.2, -0.15) is 0 Å². The summed E-state index contributed by atoms with van der Waals surface area (Å²) >= 11 is 0. The molecule has 0 aromatic heterocycles. The molecule has 0 aliphatic heterocycles. The Balaban J connectivity index is 5.67. The highest BCUT2D eigenvalue weighted by Gasteiger charge is 2.33. The standard InChI is InChI=1S/C22H36N4O9/c1-10(2)18(12(5)27)25-22(35)19(11(3)4)26-21(34)15(9-17(31)32)24-20(33)14(23-13(6)28)7-8-16(29)30/h10-11,14-15,18-19H,7-9H2,1-6H3,(H,23,28)(H,24,33)(H,25,35)(H,26,34)(H,29,30)(H,31,32)/t14?,15-,18-,19?/m0/s1. The molecule has 13 heteroatoms. The molecule has 13 nitrogen and oxygen atoms in total. The maximum Gasteiger partial charge on any atom is 0.305 e. The molecule has 0 heterocycles. The van der Waals surface area contributed by atoms with Crippen molar-refractivity contribution in [2.45, 2.75) is 85.0 Å². The van der Waals surface area contributed by atoms with Crippen molar-refractivity contribution in [2.75, 3.05) is 0 Å². The maximum absolute atomic E-state index is 12.9. The number of ketones is 1. The number of nitrogens with one attached hydrogen (secondary N) is 4. The van der Waals surface area contributed by atoms with E-state index in [0.717, 1.165) is 6.92 Å². The van der Waals surface area contributed by atoms with Crippen molar-refractivity contribution in [1.29, 1.82) is 0 Å². The lowest BCUT2D eigenvalue weighted by Gasteiger charge is -2.28. The molecule has 35 heavy (non-hydrogen) atoms. The molecular weight excluding hydrogens is 464 g/mol. The highest BCUT2D eigenvalue weighted by atomic mass is 16.4. The van der Waals surface area contributed by atoms with Gasteiger partial charge in [-0.25, -0.2) is 0 Å². The molecule has 6 N–H and O–H groups in total. The highest BCUT2D eigenvalue weighted by Crippen LogP contribution is 2.08. The molecule has 4 amide bonds. The van der Waals surface area contributed by atoms with E-state index in [0.29, 0.717) is 0 Å². The number of hydrogen-bond donors (Lipinski definition) is 6. The molecule has 4 atom stereocenters. The number of aliphatic carboxylic acids is 2. The number of carboxylic acid groups (broad SMARTS) is 2. The van der Waals surface area contributed by atoms with Gasteiger partial charge in [0.05, 0.1) is 12.5 Å². The fourth-order valence-corrected chi connectivity index (χ4v) is 3.21. The highest BCUT2D eigenvalue weighted by molar-refractivity contribution is 5.96. The van der Waals surface area contributed by atoms with Crippen LogP contribution in [0.4, 0.5) is 0 Å². The third-order valence-electron chi connectivity index (χ3n) is 5.00. The third kappa shape index (κ3) is 12.0. The minimum atomic E-state index is -1.62. The number of carbonyl (C=O) groups excluding carboxylic acids is 5. The average Bonchev–Trinajstić information content (AvgIpc) is 2.70. The zero-order chi connectivity index (χ0) is 27.5. The van der Waals surface area contributed by atoms with Crippen molar-refractivity contribution in [3.8, 4) is 0 Å². The molecule has 0 fully saturated rings. The van der Waals surface area contributed by atoms with Crippen LogP contribution in [0.2, 0.25) is 0 Å². The molecule has 0 aliphatic carbocycles. The second kappa shape index (κ2) is 14.7. The number of hydrogen-bond acceptors (Lipinski definition) is 7. The maximum atomic E-state index is 12.9. The molecule has 2 unspecified atom stereocenters. The Hall–Kier alpha value is -3.51. The van der Waals surface area contributed by atoms with Gasteiger partial charge in [-0.1, -0.05) is 27.7 Å². The van der Waals surface area contributed by atoms with E-state index in [1.54, 1.807) is 27.7 Å². The fourth-order valence-electron chi connectivity index (χ4n) is 3.21. The summed E-state index contributed by atoms with van der Waals surface area (Å²) in [5.74, 6) is -6.79. The first-order valence-electron chi connectivity index (χ1n) is 11.2. The SMILES string of the molecule is CC(=O)NC(CCC(=O)O)C(=O)N[C@@H](CC(=O)O)C(=O)NC(C(=O)N[C@H](C(C)=O)C(C)C)C(C)C. The lowest BCUT2D eigenvalue weighted by atomic mass is 9.97. The molecule has 0 aromatic carbocycles. The van der Waals surface area contributed by atoms with Gasteiger partial charge in [-0.15, -0.1) is 0 Å². The van der Waals surface area contributed by atoms with Crippen LogP contribution in [0.1, 0.15) is 60.8 Å². The number of Topliss-reactive ketones (excluding diaryl/α,β-unsaturated/α-hetero) is 1. The second-order valence-electron chi connectivity index (χ2n) is 8.92. The van der Waals surface area contributed by atoms with Crippen LogP contribution in [-0.2, 0) is 33.6 Å². The summed E-state index contributed by atoms with van der Waals surface area (Å²) < 4.78 is 0. The van der Waals surface area contributed by atoms with Crippen LogP contribution in [0.5, 0.6) is 0 Å². The molecule has 0 saturated carbocycles. The molecule has 0 rings (SSSR count). The van der Waals surface area contributed by atoms with Gasteiger partial charge in [-0.05, 0) is 25.2 Å². The van der Waals surface area contributed by atoms with E-state index in [1.165, 1.54) is 6.92 Å². The summed E-state index contributed by atoms with van der Waals surface area (Å²) in [5.41, 5.74) is 0. The predicted octanol–water partition coefficient (Wildman–Crippen LogP) is -0.814. The first-order valence-corrected chi connectivity index (χ1v) is 11.2. The normalized spacial score (nSPS) is 14.3. The molecule has 0 aromatic rings. The molecule has 0 aliphatic rings. The van der Waals surface area contributed by atoms with Gasteiger partial charge in [-0.3, -0.25) is 33.6 Å². The first-order chi connectivity index (χ1) is 16.1. The minimum Gasteiger partial charge on any atom is -0.481 e. The number of rotatable bonds is 15. The van der Waals surface area contributed by atoms with E-state index < -0.39 is 78.5 Å². The Morgan fingerprint density at radius 1 is 0.629 bits per heavy atom. The largest absolute Gasteiger partial charge is 0.481 e. The van der Waals surface area contributed by atoms with Gasteiger partial charge in [0.1, 0.15) is 18.1 Å². The van der Waals surface area contributed by atoms with Gasteiger partial charge in [0, 0.05) is 13.3 Å². The van der Waals surface area contributed by atoms with Crippen LogP contribution in [0.15, 0.2) is 0 Å². The van der Waals surface area contributed by atoms with E-state index in [-0.39, 0.29) is 18.1 Å². The van der Waals surface area contributed by atoms with E-state index in [9.17, 15) is 38.7 Å². The molecular formula is C22H36N4O9. The summed E-state index contributed by atoms with van der Waals surface area (Å²) in [7, 11) is 0. The van der Waals surface area contributed by atoms with Crippen LogP contribution < -0.4 is 21.3 Å². The van der Waals surface area contributed by atoms with Crippen LogP contribution in [0.25, 0.3) is 0 Å². The summed E-state index contributed by atoms with van der Waals surface area (Å²) in [6.07, 6.45) is -1.59. The van der Waals surface area contributed by atoms with Crippen molar-refractivity contribution in [3.05, 3.63) is 0 Å². The Morgan fingerprint density at radius 2 is 1.11 bits per heavy atom. The summed E-state index contributed by atoms with van der Waals surface area (Å²) in [6.45, 7) is 9.17. The van der Waals surface area contributed by atoms with Crippen molar-refractivity contribution in [1.82, 2.24) is 21.3 Å². The zero-order valence-corrected chi connectivity index (χ0v) is 20.8. The quantitative estimate of drug-likeness (QED) is 0.166. The average molecular weight is 501 g/mol. The Morgan fingerprint density at radius 3 is 1.51 bits per heavy atom. The molecule has 0 radical (unpaired) electrons. The van der Waals surface area contributed by atoms with E-state index in [2.05, 4.69) is 21.3 Å². The number of amides is 4. The summed E-state index contributed by atoms with van der Waals surface area (Å²) in [6, 6.07) is -4.87. The van der Waals surface area contributed by atoms with Gasteiger partial charge in [0.25, 0.3) is 0 Å². The summed E-state index contributed by atoms with van der Waals surface area (Å²) in [4.78, 5) is 83.7. The minimum absolute atomic E-state index is 0.212. The smallest absolute Gasteiger partial charge is 0.305 e. The molecule has 0 spiro atoms. The second-order valence-corrected chi connectivity index (χ2v) is 8.92. The topological polar surface area (TPSA) is 208 Å². The fraction of sp³-hybridized carbons (Fsp3) is 0.682. The number of carboxylic acids is 2. The van der Waals surface area contributed by atoms with Gasteiger partial charge in [0.15, 0.2) is 5.78 Å². The van der Waals surface area contributed by atoms with Gasteiger partial charge < -0.3 is 31.5 Å². The van der Waals surface area contributed by atoms with E-state index in [1.807, 2.05) is 0 Å². The Labute approximate surface area is 203 Å². The van der Waals surface area contributed by atoms with Crippen molar-refractivity contribution >= 4 is 41.4 Å². The number of carbonyl (C=O) groups is 7. The van der Waals surface area contributed by atoms with Gasteiger partial charge >= 0.3 is 11.9 Å². The summed E-state index contributed by atoms with van der Waals surface area (Å²) in [5, 5.41) is 27.5. The monoisotopic (exact) mass is 500 g/mol. The van der Waals surface area contributed by atoms with Crippen LogP contribution >= 0.6 is 0 Å². The zero-order valence-electron chi connectivity index (χ0n) is 20.8. The predicted molar refractivity (Wildman–Crippen MR) is 123 cm³/mol.